The van der Waals surface area contributed by atoms with Crippen LogP contribution < -0.4 is 5.73 Å². The summed E-state index contributed by atoms with van der Waals surface area (Å²) in [7, 11) is 0. The van der Waals surface area contributed by atoms with Crippen molar-refractivity contribution in [2.24, 2.45) is 5.73 Å². The highest BCUT2D eigenvalue weighted by atomic mass is 16.6. The van der Waals surface area contributed by atoms with E-state index in [9.17, 15) is 9.59 Å². The van der Waals surface area contributed by atoms with Crippen molar-refractivity contribution >= 4 is 12.0 Å². The smallest absolute Gasteiger partial charge is 0.410 e. The molecule has 0 spiro atoms. The van der Waals surface area contributed by atoms with Crippen LogP contribution in [-0.2, 0) is 9.53 Å². The molecule has 0 saturated carbocycles. The van der Waals surface area contributed by atoms with Gasteiger partial charge in [0.2, 0.25) is 5.91 Å². The molecule has 1 rings (SSSR count). The van der Waals surface area contributed by atoms with Crippen molar-refractivity contribution in [3.05, 3.63) is 0 Å². The molecule has 0 aromatic rings. The number of hydrogen-bond donors (Lipinski definition) is 1. The van der Waals surface area contributed by atoms with E-state index in [1.165, 1.54) is 0 Å². The number of carbonyl (C=O) groups excluding carboxylic acids is 2. The molecule has 1 aliphatic heterocycles. The van der Waals surface area contributed by atoms with Gasteiger partial charge < -0.3 is 20.3 Å². The second-order valence-corrected chi connectivity index (χ2v) is 7.33. The molecule has 1 atom stereocenters. The fraction of sp³-hybridized carbons (Fsp3) is 0.875. The fourth-order valence-corrected chi connectivity index (χ4v) is 2.75. The van der Waals surface area contributed by atoms with Crippen molar-refractivity contribution in [2.75, 3.05) is 13.1 Å². The molecule has 0 radical (unpaired) electrons. The average molecular weight is 313 g/mol. The Labute approximate surface area is 134 Å². The molecular formula is C16H31N3O3. The fourth-order valence-electron chi connectivity index (χ4n) is 2.75. The van der Waals surface area contributed by atoms with Crippen LogP contribution in [0.4, 0.5) is 4.79 Å². The maximum atomic E-state index is 12.4. The number of piperidine rings is 1. The van der Waals surface area contributed by atoms with E-state index in [0.717, 1.165) is 12.8 Å². The summed E-state index contributed by atoms with van der Waals surface area (Å²) in [6, 6.07) is -0.300. The van der Waals surface area contributed by atoms with E-state index in [4.69, 9.17) is 10.5 Å². The van der Waals surface area contributed by atoms with Crippen LogP contribution in [0.15, 0.2) is 0 Å². The van der Waals surface area contributed by atoms with Gasteiger partial charge in [0, 0.05) is 25.2 Å². The Balaban J connectivity index is 2.69. The Morgan fingerprint density at radius 1 is 1.18 bits per heavy atom. The normalized spacial score (nSPS) is 18.3. The molecular weight excluding hydrogens is 282 g/mol. The maximum Gasteiger partial charge on any atom is 0.410 e. The molecule has 1 fully saturated rings. The molecule has 2 amide bonds. The molecule has 128 valence electrons. The number of ether oxygens (including phenoxy) is 1. The van der Waals surface area contributed by atoms with Gasteiger partial charge in [-0.15, -0.1) is 0 Å². The lowest BCUT2D eigenvalue weighted by atomic mass is 10.0. The third-order valence-corrected chi connectivity index (χ3v) is 3.72. The minimum atomic E-state index is -0.504. The van der Waals surface area contributed by atoms with Crippen molar-refractivity contribution in [1.29, 1.82) is 0 Å². The highest BCUT2D eigenvalue weighted by Crippen LogP contribution is 2.22. The van der Waals surface area contributed by atoms with Crippen LogP contribution in [0.1, 0.15) is 54.4 Å². The van der Waals surface area contributed by atoms with Gasteiger partial charge in [0.25, 0.3) is 0 Å². The zero-order valence-electron chi connectivity index (χ0n) is 14.8. The van der Waals surface area contributed by atoms with Gasteiger partial charge in [-0.05, 0) is 54.4 Å². The van der Waals surface area contributed by atoms with Crippen LogP contribution in [0.25, 0.3) is 0 Å². The van der Waals surface area contributed by atoms with Crippen molar-refractivity contribution < 1.29 is 14.3 Å². The first-order valence-electron chi connectivity index (χ1n) is 8.08. The largest absolute Gasteiger partial charge is 0.444 e. The molecule has 0 aromatic heterocycles. The van der Waals surface area contributed by atoms with Gasteiger partial charge in [0.05, 0.1) is 6.04 Å². The third-order valence-electron chi connectivity index (χ3n) is 3.72. The zero-order valence-corrected chi connectivity index (χ0v) is 14.8. The minimum Gasteiger partial charge on any atom is -0.444 e. The Morgan fingerprint density at radius 2 is 1.68 bits per heavy atom. The quantitative estimate of drug-likeness (QED) is 0.864. The molecule has 0 aliphatic carbocycles. The molecule has 6 heteroatoms. The van der Waals surface area contributed by atoms with Crippen LogP contribution in [0.3, 0.4) is 0 Å². The molecule has 0 aromatic carbocycles. The summed E-state index contributed by atoms with van der Waals surface area (Å²) in [4.78, 5) is 27.9. The Kier molecular flexibility index (Phi) is 6.23. The monoisotopic (exact) mass is 313 g/mol. The predicted octanol–water partition coefficient (Wildman–Crippen LogP) is 1.97. The summed E-state index contributed by atoms with van der Waals surface area (Å²) in [5, 5.41) is 0. The van der Waals surface area contributed by atoms with Crippen LogP contribution >= 0.6 is 0 Å². The Hall–Kier alpha value is -1.30. The van der Waals surface area contributed by atoms with Gasteiger partial charge in [-0.25, -0.2) is 4.79 Å². The lowest BCUT2D eigenvalue weighted by Gasteiger charge is -2.41. The number of likely N-dealkylation sites (tertiary alicyclic amines) is 1. The highest BCUT2D eigenvalue weighted by molar-refractivity contribution is 5.81. The molecule has 6 nitrogen and oxygen atoms in total. The van der Waals surface area contributed by atoms with E-state index in [0.29, 0.717) is 13.1 Å². The van der Waals surface area contributed by atoms with Crippen LogP contribution in [0.2, 0.25) is 0 Å². The lowest BCUT2D eigenvalue weighted by Crippen LogP contribution is -2.54. The molecule has 1 saturated heterocycles. The minimum absolute atomic E-state index is 0.0215. The molecule has 0 bridgehead atoms. The van der Waals surface area contributed by atoms with Gasteiger partial charge in [0.15, 0.2) is 0 Å². The summed E-state index contributed by atoms with van der Waals surface area (Å²) in [5.41, 5.74) is 5.15. The predicted molar refractivity (Wildman–Crippen MR) is 86.5 cm³/mol. The van der Waals surface area contributed by atoms with Crippen molar-refractivity contribution in [1.82, 2.24) is 9.80 Å². The first kappa shape index (κ1) is 18.7. The highest BCUT2D eigenvalue weighted by Gasteiger charge is 2.34. The van der Waals surface area contributed by atoms with Crippen molar-refractivity contribution in [3.63, 3.8) is 0 Å². The SMILES string of the molecule is CC(N)C(=O)N1CCC(N(C(=O)OC(C)(C)C)C(C)C)CC1. The summed E-state index contributed by atoms with van der Waals surface area (Å²) in [5.74, 6) is -0.0215. The molecule has 22 heavy (non-hydrogen) atoms. The first-order chi connectivity index (χ1) is 10.0. The first-order valence-corrected chi connectivity index (χ1v) is 8.08. The molecule has 1 aliphatic rings. The summed E-state index contributed by atoms with van der Waals surface area (Å²) in [6.07, 6.45) is 1.24. The third kappa shape index (κ3) is 5.16. The van der Waals surface area contributed by atoms with E-state index in [2.05, 4.69) is 0 Å². The number of amides is 2. The van der Waals surface area contributed by atoms with Gasteiger partial charge in [-0.2, -0.15) is 0 Å². The second-order valence-electron chi connectivity index (χ2n) is 7.33. The zero-order chi connectivity index (χ0) is 17.1. The maximum absolute atomic E-state index is 12.4. The molecule has 2 N–H and O–H groups in total. The molecule has 1 unspecified atom stereocenters. The Bertz CT molecular complexity index is 394. The van der Waals surface area contributed by atoms with Crippen LogP contribution in [-0.4, -0.2) is 58.6 Å². The topological polar surface area (TPSA) is 75.9 Å². The number of rotatable bonds is 3. The lowest BCUT2D eigenvalue weighted by molar-refractivity contribution is -0.133. The number of carbonyl (C=O) groups is 2. The number of nitrogens with two attached hydrogens (primary N) is 1. The van der Waals surface area contributed by atoms with E-state index in [-0.39, 0.29) is 24.1 Å². The standard InChI is InChI=1S/C16H31N3O3/c1-11(2)19(15(21)22-16(4,5)6)13-7-9-18(10-8-13)14(20)12(3)17/h11-13H,7-10,17H2,1-6H3. The van der Waals surface area contributed by atoms with Crippen molar-refractivity contribution in [3.8, 4) is 0 Å². The molecule has 1 heterocycles. The number of nitrogens with zero attached hydrogens (tertiary/aromatic N) is 2. The second kappa shape index (κ2) is 7.31. The van der Waals surface area contributed by atoms with Gasteiger partial charge >= 0.3 is 6.09 Å². The van der Waals surface area contributed by atoms with E-state index < -0.39 is 11.6 Å². The van der Waals surface area contributed by atoms with Gasteiger partial charge in [-0.1, -0.05) is 0 Å². The van der Waals surface area contributed by atoms with E-state index >= 15 is 0 Å². The summed E-state index contributed by atoms with van der Waals surface area (Å²) < 4.78 is 5.51. The van der Waals surface area contributed by atoms with Crippen LogP contribution in [0, 0.1) is 0 Å². The Morgan fingerprint density at radius 3 is 2.05 bits per heavy atom. The average Bonchev–Trinajstić information content (AvgIpc) is 2.36. The number of hydrogen-bond acceptors (Lipinski definition) is 4. The van der Waals surface area contributed by atoms with Gasteiger partial charge in [-0.3, -0.25) is 4.79 Å². The summed E-state index contributed by atoms with van der Waals surface area (Å²) >= 11 is 0. The van der Waals surface area contributed by atoms with Crippen LogP contribution in [0.5, 0.6) is 0 Å². The van der Waals surface area contributed by atoms with E-state index in [1.807, 2.05) is 34.6 Å². The van der Waals surface area contributed by atoms with Gasteiger partial charge in [0.1, 0.15) is 5.60 Å². The summed E-state index contributed by atoms with van der Waals surface area (Å²) in [6.45, 7) is 12.6. The van der Waals surface area contributed by atoms with Crippen molar-refractivity contribution in [2.45, 2.75) is 78.1 Å². The van der Waals surface area contributed by atoms with E-state index in [1.54, 1.807) is 16.7 Å².